The molecule has 1 aromatic rings. The molecule has 0 saturated carbocycles. The fourth-order valence-corrected chi connectivity index (χ4v) is 2.65. The average molecular weight is 303 g/mol. The van der Waals surface area contributed by atoms with E-state index >= 15 is 0 Å². The molecule has 22 heavy (non-hydrogen) atoms. The molecule has 2 aliphatic heterocycles. The molecule has 0 atom stereocenters. The van der Waals surface area contributed by atoms with Crippen molar-refractivity contribution >= 4 is 17.7 Å². The van der Waals surface area contributed by atoms with E-state index in [1.165, 1.54) is 6.08 Å². The molecule has 2 saturated heterocycles. The van der Waals surface area contributed by atoms with E-state index in [1.807, 2.05) is 6.07 Å². The number of likely N-dealkylation sites (tertiary alicyclic amines) is 1. The minimum absolute atomic E-state index is 0.00168. The number of amides is 1. The molecule has 7 heteroatoms. The number of morpholine rings is 1. The third-order valence-electron chi connectivity index (χ3n) is 3.97. The van der Waals surface area contributed by atoms with Crippen molar-refractivity contribution in [2.24, 2.45) is 5.92 Å². The van der Waals surface area contributed by atoms with Gasteiger partial charge in [-0.25, -0.2) is 4.98 Å². The smallest absolute Gasteiger partial charge is 0.245 e. The molecule has 2 aliphatic rings. The number of nitrogens with one attached hydrogen (secondary N) is 1. The first-order valence-electron chi connectivity index (χ1n) is 7.57. The van der Waals surface area contributed by atoms with Gasteiger partial charge in [0, 0.05) is 44.8 Å². The fraction of sp³-hybridized carbons (Fsp3) is 0.533. The van der Waals surface area contributed by atoms with Crippen LogP contribution in [-0.2, 0) is 9.53 Å². The summed E-state index contributed by atoms with van der Waals surface area (Å²) in [6.07, 6.45) is 3.13. The van der Waals surface area contributed by atoms with Gasteiger partial charge in [0.15, 0.2) is 0 Å². The third-order valence-corrected chi connectivity index (χ3v) is 3.97. The van der Waals surface area contributed by atoms with E-state index in [-0.39, 0.29) is 5.91 Å². The molecule has 2 fully saturated rings. The number of carbonyl (C=O) groups excluding carboxylic acids is 1. The number of anilines is 2. The van der Waals surface area contributed by atoms with Crippen molar-refractivity contribution in [3.63, 3.8) is 0 Å². The molecule has 3 heterocycles. The second-order valence-corrected chi connectivity index (χ2v) is 5.53. The fourth-order valence-electron chi connectivity index (χ4n) is 2.65. The lowest BCUT2D eigenvalue weighted by Crippen LogP contribution is -2.51. The summed E-state index contributed by atoms with van der Waals surface area (Å²) in [7, 11) is 0. The number of carbonyl (C=O) groups is 1. The minimum atomic E-state index is 0.00168. The van der Waals surface area contributed by atoms with Gasteiger partial charge in [0.2, 0.25) is 11.9 Å². The Kier molecular flexibility index (Phi) is 4.53. The van der Waals surface area contributed by atoms with Gasteiger partial charge in [-0.05, 0) is 12.1 Å². The highest BCUT2D eigenvalue weighted by Crippen LogP contribution is 2.17. The molecule has 0 spiro atoms. The summed E-state index contributed by atoms with van der Waals surface area (Å²) in [5.74, 6) is 2.01. The van der Waals surface area contributed by atoms with Crippen molar-refractivity contribution in [3.8, 4) is 0 Å². The summed E-state index contributed by atoms with van der Waals surface area (Å²) in [5.41, 5.74) is 0. The lowest BCUT2D eigenvalue weighted by atomic mass is 10.0. The minimum Gasteiger partial charge on any atom is -0.378 e. The van der Waals surface area contributed by atoms with Gasteiger partial charge in [-0.1, -0.05) is 6.58 Å². The first-order chi connectivity index (χ1) is 10.8. The Morgan fingerprint density at radius 2 is 2.23 bits per heavy atom. The number of aromatic nitrogens is 2. The largest absolute Gasteiger partial charge is 0.378 e. The van der Waals surface area contributed by atoms with Crippen molar-refractivity contribution in [1.82, 2.24) is 14.9 Å². The lowest BCUT2D eigenvalue weighted by molar-refractivity contribution is -0.131. The van der Waals surface area contributed by atoms with Gasteiger partial charge in [-0.15, -0.1) is 0 Å². The molecular formula is C15H21N5O2. The molecule has 118 valence electrons. The van der Waals surface area contributed by atoms with Crippen LogP contribution >= 0.6 is 0 Å². The highest BCUT2D eigenvalue weighted by Gasteiger charge is 2.29. The van der Waals surface area contributed by atoms with Crippen LogP contribution < -0.4 is 10.2 Å². The summed E-state index contributed by atoms with van der Waals surface area (Å²) in [6, 6.07) is 1.92. The number of nitrogens with zero attached hydrogens (tertiary/aromatic N) is 4. The average Bonchev–Trinajstić information content (AvgIpc) is 2.54. The molecule has 3 rings (SSSR count). The monoisotopic (exact) mass is 303 g/mol. The van der Waals surface area contributed by atoms with Crippen molar-refractivity contribution < 1.29 is 9.53 Å². The van der Waals surface area contributed by atoms with Crippen molar-refractivity contribution in [2.45, 2.75) is 0 Å². The van der Waals surface area contributed by atoms with Crippen LogP contribution in [0.3, 0.4) is 0 Å². The summed E-state index contributed by atoms with van der Waals surface area (Å²) >= 11 is 0. The van der Waals surface area contributed by atoms with E-state index in [9.17, 15) is 4.79 Å². The standard InChI is InChI=1S/C15H21N5O2/c1-2-14(21)20-10-12(11-20)9-17-15-16-4-3-13(18-15)19-5-7-22-8-6-19/h2-4,12H,1,5-11H2,(H,16,17,18). The molecule has 0 unspecified atom stereocenters. The van der Waals surface area contributed by atoms with Crippen LogP contribution in [0.15, 0.2) is 24.9 Å². The first kappa shape index (κ1) is 14.8. The van der Waals surface area contributed by atoms with Gasteiger partial charge in [-0.2, -0.15) is 4.98 Å². The van der Waals surface area contributed by atoms with E-state index in [1.54, 1.807) is 11.1 Å². The Morgan fingerprint density at radius 3 is 2.95 bits per heavy atom. The topological polar surface area (TPSA) is 70.6 Å². The predicted octanol–water partition coefficient (Wildman–Crippen LogP) is 0.369. The molecule has 0 aromatic carbocycles. The maximum absolute atomic E-state index is 11.4. The molecule has 0 radical (unpaired) electrons. The maximum Gasteiger partial charge on any atom is 0.245 e. The molecule has 0 aliphatic carbocycles. The zero-order valence-electron chi connectivity index (χ0n) is 12.6. The van der Waals surface area contributed by atoms with E-state index in [2.05, 4.69) is 26.8 Å². The third kappa shape index (κ3) is 3.36. The summed E-state index contributed by atoms with van der Waals surface area (Å²) in [4.78, 5) is 24.2. The number of rotatable bonds is 5. The van der Waals surface area contributed by atoms with E-state index in [0.29, 0.717) is 11.9 Å². The maximum atomic E-state index is 11.4. The van der Waals surface area contributed by atoms with E-state index < -0.39 is 0 Å². The van der Waals surface area contributed by atoms with Crippen LogP contribution in [0.25, 0.3) is 0 Å². The Balaban J connectivity index is 1.49. The molecular weight excluding hydrogens is 282 g/mol. The van der Waals surface area contributed by atoms with E-state index in [4.69, 9.17) is 4.74 Å². The highest BCUT2D eigenvalue weighted by atomic mass is 16.5. The quantitative estimate of drug-likeness (QED) is 0.793. The van der Waals surface area contributed by atoms with Gasteiger partial charge in [0.25, 0.3) is 0 Å². The summed E-state index contributed by atoms with van der Waals surface area (Å²) in [6.45, 7) is 8.99. The summed E-state index contributed by atoms with van der Waals surface area (Å²) in [5, 5.41) is 3.26. The van der Waals surface area contributed by atoms with Crippen LogP contribution in [0.1, 0.15) is 0 Å². The molecule has 1 N–H and O–H groups in total. The first-order valence-corrected chi connectivity index (χ1v) is 7.57. The molecule has 7 nitrogen and oxygen atoms in total. The van der Waals surface area contributed by atoms with E-state index in [0.717, 1.165) is 51.8 Å². The van der Waals surface area contributed by atoms with Crippen LogP contribution in [0.4, 0.5) is 11.8 Å². The van der Waals surface area contributed by atoms with Crippen molar-refractivity contribution in [2.75, 3.05) is 56.2 Å². The Bertz CT molecular complexity index is 538. The van der Waals surface area contributed by atoms with Crippen LogP contribution in [-0.4, -0.2) is 66.7 Å². The second-order valence-electron chi connectivity index (χ2n) is 5.53. The van der Waals surface area contributed by atoms with Crippen LogP contribution in [0, 0.1) is 5.92 Å². The second kappa shape index (κ2) is 6.74. The molecule has 1 amide bonds. The Hall–Kier alpha value is -2.15. The van der Waals surface area contributed by atoms with Crippen molar-refractivity contribution in [3.05, 3.63) is 24.9 Å². The highest BCUT2D eigenvalue weighted by molar-refractivity contribution is 5.87. The van der Waals surface area contributed by atoms with Gasteiger partial charge in [0.05, 0.1) is 13.2 Å². The predicted molar refractivity (Wildman–Crippen MR) is 83.8 cm³/mol. The van der Waals surface area contributed by atoms with Gasteiger partial charge in [-0.3, -0.25) is 4.79 Å². The van der Waals surface area contributed by atoms with Gasteiger partial charge in [0.1, 0.15) is 5.82 Å². The number of hydrogen-bond donors (Lipinski definition) is 1. The van der Waals surface area contributed by atoms with Gasteiger partial charge >= 0.3 is 0 Å². The number of hydrogen-bond acceptors (Lipinski definition) is 6. The van der Waals surface area contributed by atoms with Gasteiger partial charge < -0.3 is 19.9 Å². The SMILES string of the molecule is C=CC(=O)N1CC(CNc2nccc(N3CCOCC3)n2)C1. The number of ether oxygens (including phenoxy) is 1. The Morgan fingerprint density at radius 1 is 1.45 bits per heavy atom. The summed E-state index contributed by atoms with van der Waals surface area (Å²) < 4.78 is 5.35. The zero-order chi connectivity index (χ0) is 15.4. The van der Waals surface area contributed by atoms with Crippen molar-refractivity contribution in [1.29, 1.82) is 0 Å². The zero-order valence-corrected chi connectivity index (χ0v) is 12.6. The van der Waals surface area contributed by atoms with Crippen LogP contribution in [0.5, 0.6) is 0 Å². The molecule has 0 bridgehead atoms. The Labute approximate surface area is 130 Å². The lowest BCUT2D eigenvalue weighted by Gasteiger charge is -2.38. The van der Waals surface area contributed by atoms with Crippen LogP contribution in [0.2, 0.25) is 0 Å². The normalized spacial score (nSPS) is 18.7. The molecule has 1 aromatic heterocycles.